The number of nitrogens with one attached hydrogen (secondary N) is 1. The molecule has 2 heterocycles. The highest BCUT2D eigenvalue weighted by atomic mass is 35.5. The Morgan fingerprint density at radius 1 is 1.12 bits per heavy atom. The molecule has 0 aliphatic carbocycles. The van der Waals surface area contributed by atoms with E-state index in [1.165, 1.54) is 12.3 Å². The van der Waals surface area contributed by atoms with Gasteiger partial charge in [0.25, 0.3) is 5.91 Å². The fraction of sp³-hybridized carbons (Fsp3) is 0.0625. The number of pyridine rings is 2. The average Bonchev–Trinajstić information content (AvgIpc) is 2.54. The van der Waals surface area contributed by atoms with Crippen molar-refractivity contribution in [2.24, 2.45) is 0 Å². The van der Waals surface area contributed by atoms with E-state index in [1.54, 1.807) is 12.1 Å². The Kier molecular flexibility index (Phi) is 4.30. The quantitative estimate of drug-likeness (QED) is 0.526. The van der Waals surface area contributed by atoms with E-state index in [1.807, 2.05) is 0 Å². The Morgan fingerprint density at radius 3 is 2.60 bits per heavy atom. The number of hydrogen-bond donors (Lipinski definition) is 1. The lowest BCUT2D eigenvalue weighted by atomic mass is 10.1. The Bertz CT molecular complexity index is 975. The molecule has 0 unspecified atom stereocenters. The van der Waals surface area contributed by atoms with Crippen LogP contribution in [0, 0.1) is 5.82 Å². The van der Waals surface area contributed by atoms with Gasteiger partial charge in [-0.15, -0.1) is 0 Å². The first-order valence-corrected chi connectivity index (χ1v) is 7.22. The van der Waals surface area contributed by atoms with E-state index in [9.17, 15) is 22.4 Å². The summed E-state index contributed by atoms with van der Waals surface area (Å²) in [6.45, 7) is 0. The number of anilines is 1. The van der Waals surface area contributed by atoms with Crippen LogP contribution in [0.1, 0.15) is 15.9 Å². The largest absolute Gasteiger partial charge is 0.416 e. The molecular weight excluding hydrogens is 362 g/mol. The number of hydrogen-bond acceptors (Lipinski definition) is 3. The molecule has 0 radical (unpaired) electrons. The molecule has 0 saturated carbocycles. The van der Waals surface area contributed by atoms with E-state index in [2.05, 4.69) is 15.3 Å². The molecular formula is C16H8ClF4N3O. The molecule has 3 aromatic rings. The van der Waals surface area contributed by atoms with Crippen molar-refractivity contribution in [2.75, 3.05) is 5.32 Å². The van der Waals surface area contributed by atoms with Crippen LogP contribution in [0.2, 0.25) is 5.15 Å². The van der Waals surface area contributed by atoms with Crippen molar-refractivity contribution in [1.82, 2.24) is 9.97 Å². The zero-order chi connectivity index (χ0) is 18.2. The van der Waals surface area contributed by atoms with Gasteiger partial charge in [-0.2, -0.15) is 13.2 Å². The molecule has 0 spiro atoms. The van der Waals surface area contributed by atoms with Crippen LogP contribution in [0.3, 0.4) is 0 Å². The summed E-state index contributed by atoms with van der Waals surface area (Å²) in [4.78, 5) is 20.3. The first kappa shape index (κ1) is 17.1. The van der Waals surface area contributed by atoms with Gasteiger partial charge in [0.1, 0.15) is 5.82 Å². The first-order chi connectivity index (χ1) is 11.7. The second-order valence-electron chi connectivity index (χ2n) is 5.05. The van der Waals surface area contributed by atoms with Crippen LogP contribution in [0.4, 0.5) is 23.2 Å². The van der Waals surface area contributed by atoms with Gasteiger partial charge >= 0.3 is 6.18 Å². The smallest absolute Gasteiger partial charge is 0.319 e. The number of carbonyl (C=O) groups excluding carboxylic acids is 1. The maximum absolute atomic E-state index is 13.4. The van der Waals surface area contributed by atoms with E-state index in [0.717, 1.165) is 0 Å². The molecule has 2 aromatic heterocycles. The van der Waals surface area contributed by atoms with Crippen molar-refractivity contribution in [3.8, 4) is 0 Å². The van der Waals surface area contributed by atoms with Crippen molar-refractivity contribution in [1.29, 1.82) is 0 Å². The van der Waals surface area contributed by atoms with Gasteiger partial charge in [-0.05, 0) is 36.4 Å². The minimum atomic E-state index is -4.77. The zero-order valence-corrected chi connectivity index (χ0v) is 13.0. The summed E-state index contributed by atoms with van der Waals surface area (Å²) in [6.07, 6.45) is -3.27. The standard InChI is InChI=1S/C16H8ClF4N3O/c17-14-13(7-12-11(23-14)2-1-3-22-12)24-15(25)8-4-9(16(19,20)21)6-10(18)5-8/h1-7H,(H,24,25). The molecule has 25 heavy (non-hydrogen) atoms. The van der Waals surface area contributed by atoms with Gasteiger partial charge < -0.3 is 5.32 Å². The van der Waals surface area contributed by atoms with Crippen molar-refractivity contribution in [3.63, 3.8) is 0 Å². The summed E-state index contributed by atoms with van der Waals surface area (Å²) in [7, 11) is 0. The number of carbonyl (C=O) groups is 1. The third kappa shape index (κ3) is 3.69. The van der Waals surface area contributed by atoms with Crippen molar-refractivity contribution in [2.45, 2.75) is 6.18 Å². The number of nitrogens with zero attached hydrogens (tertiary/aromatic N) is 2. The minimum absolute atomic E-state index is 0.0516. The van der Waals surface area contributed by atoms with Gasteiger partial charge in [-0.1, -0.05) is 11.6 Å². The SMILES string of the molecule is O=C(Nc1cc2ncccc2nc1Cl)c1cc(F)cc(C(F)(F)F)c1. The van der Waals surface area contributed by atoms with Crippen molar-refractivity contribution >= 4 is 34.2 Å². The predicted octanol–water partition coefficient (Wildman–Crippen LogP) is 4.69. The number of rotatable bonds is 2. The van der Waals surface area contributed by atoms with Gasteiger partial charge in [0.15, 0.2) is 5.15 Å². The third-order valence-electron chi connectivity index (χ3n) is 3.27. The number of benzene rings is 1. The minimum Gasteiger partial charge on any atom is -0.319 e. The molecule has 9 heteroatoms. The highest BCUT2D eigenvalue weighted by Gasteiger charge is 2.32. The average molecular weight is 370 g/mol. The molecule has 0 saturated heterocycles. The predicted molar refractivity (Wildman–Crippen MR) is 83.9 cm³/mol. The summed E-state index contributed by atoms with van der Waals surface area (Å²) < 4.78 is 51.6. The lowest BCUT2D eigenvalue weighted by Gasteiger charge is -2.11. The summed E-state index contributed by atoms with van der Waals surface area (Å²) in [5.74, 6) is -2.13. The molecule has 0 bridgehead atoms. The number of amides is 1. The van der Waals surface area contributed by atoms with Crippen molar-refractivity contribution < 1.29 is 22.4 Å². The Labute approximate surface area is 143 Å². The van der Waals surface area contributed by atoms with Crippen molar-refractivity contribution in [3.05, 3.63) is 64.7 Å². The van der Waals surface area contributed by atoms with Crippen LogP contribution < -0.4 is 5.32 Å². The third-order valence-corrected chi connectivity index (χ3v) is 3.56. The zero-order valence-electron chi connectivity index (χ0n) is 12.2. The normalized spacial score (nSPS) is 11.6. The fourth-order valence-electron chi connectivity index (χ4n) is 2.14. The molecule has 4 nitrogen and oxygen atoms in total. The number of alkyl halides is 3. The van der Waals surface area contributed by atoms with E-state index in [0.29, 0.717) is 29.2 Å². The maximum atomic E-state index is 13.4. The second kappa shape index (κ2) is 6.29. The number of aromatic nitrogens is 2. The van der Waals surface area contributed by atoms with E-state index in [-0.39, 0.29) is 10.8 Å². The summed E-state index contributed by atoms with van der Waals surface area (Å²) in [5, 5.41) is 2.25. The van der Waals surface area contributed by atoms with Crippen LogP contribution in [0.25, 0.3) is 11.0 Å². The van der Waals surface area contributed by atoms with Gasteiger partial charge in [0.05, 0.1) is 22.3 Å². The second-order valence-corrected chi connectivity index (χ2v) is 5.41. The Morgan fingerprint density at radius 2 is 1.88 bits per heavy atom. The molecule has 0 aliphatic rings. The summed E-state index contributed by atoms with van der Waals surface area (Å²) >= 11 is 5.96. The molecule has 0 atom stereocenters. The van der Waals surface area contributed by atoms with Crippen LogP contribution in [0.15, 0.2) is 42.6 Å². The molecule has 0 fully saturated rings. The maximum Gasteiger partial charge on any atom is 0.416 e. The number of fused-ring (bicyclic) bond motifs is 1. The summed E-state index contributed by atoms with van der Waals surface area (Å²) in [6, 6.07) is 6.29. The topological polar surface area (TPSA) is 54.9 Å². The van der Waals surface area contributed by atoms with Gasteiger partial charge in [0, 0.05) is 11.8 Å². The molecule has 0 aliphatic heterocycles. The highest BCUT2D eigenvalue weighted by Crippen LogP contribution is 2.31. The molecule has 128 valence electrons. The number of halogens is 5. The molecule has 1 amide bonds. The van der Waals surface area contributed by atoms with E-state index < -0.39 is 29.0 Å². The van der Waals surface area contributed by atoms with E-state index in [4.69, 9.17) is 11.6 Å². The lowest BCUT2D eigenvalue weighted by molar-refractivity contribution is -0.137. The van der Waals surface area contributed by atoms with E-state index >= 15 is 0 Å². The Hall–Kier alpha value is -2.74. The Balaban J connectivity index is 1.95. The van der Waals surface area contributed by atoms with Gasteiger partial charge in [0.2, 0.25) is 0 Å². The fourth-order valence-corrected chi connectivity index (χ4v) is 2.34. The molecule has 3 rings (SSSR count). The van der Waals surface area contributed by atoms with Gasteiger partial charge in [-0.25, -0.2) is 9.37 Å². The summed E-state index contributed by atoms with van der Waals surface area (Å²) in [5.41, 5.74) is -0.796. The van der Waals surface area contributed by atoms with Crippen LogP contribution in [0.5, 0.6) is 0 Å². The van der Waals surface area contributed by atoms with Crippen LogP contribution in [-0.4, -0.2) is 15.9 Å². The molecule has 1 N–H and O–H groups in total. The lowest BCUT2D eigenvalue weighted by Crippen LogP contribution is -2.15. The first-order valence-electron chi connectivity index (χ1n) is 6.84. The molecule has 1 aromatic carbocycles. The monoisotopic (exact) mass is 369 g/mol. The van der Waals surface area contributed by atoms with Gasteiger partial charge in [-0.3, -0.25) is 9.78 Å². The van der Waals surface area contributed by atoms with Crippen LogP contribution in [-0.2, 0) is 6.18 Å². The van der Waals surface area contributed by atoms with Crippen LogP contribution >= 0.6 is 11.6 Å². The highest BCUT2D eigenvalue weighted by molar-refractivity contribution is 6.33.